The topological polar surface area (TPSA) is 58.3 Å². The van der Waals surface area contributed by atoms with E-state index >= 15 is 0 Å². The van der Waals surface area contributed by atoms with Gasteiger partial charge in [0.05, 0.1) is 6.04 Å². The van der Waals surface area contributed by atoms with Gasteiger partial charge in [-0.1, -0.05) is 6.07 Å². The van der Waals surface area contributed by atoms with E-state index in [9.17, 15) is 9.50 Å². The standard InChI is InChI=1S/C16H15FN2O2/c1-9(13-5-4-12(20)8-14(13)17)18-11-3-6-16-15(7-11)19-10(2)21-16/h3-9,18,20H,1-2H3. The molecule has 4 nitrogen and oxygen atoms in total. The Kier molecular flexibility index (Phi) is 3.25. The summed E-state index contributed by atoms with van der Waals surface area (Å²) in [5, 5.41) is 12.5. The van der Waals surface area contributed by atoms with Crippen molar-refractivity contribution in [1.82, 2.24) is 4.98 Å². The van der Waals surface area contributed by atoms with Gasteiger partial charge in [-0.15, -0.1) is 0 Å². The van der Waals surface area contributed by atoms with E-state index in [1.165, 1.54) is 6.07 Å². The van der Waals surface area contributed by atoms with Crippen LogP contribution in [0.2, 0.25) is 0 Å². The van der Waals surface area contributed by atoms with Crippen LogP contribution in [0.1, 0.15) is 24.4 Å². The fourth-order valence-corrected chi connectivity index (χ4v) is 2.33. The molecule has 0 fully saturated rings. The number of aromatic nitrogens is 1. The molecule has 0 saturated carbocycles. The molecule has 2 N–H and O–H groups in total. The third kappa shape index (κ3) is 2.67. The van der Waals surface area contributed by atoms with Crippen molar-refractivity contribution in [3.8, 4) is 5.75 Å². The average Bonchev–Trinajstić information content (AvgIpc) is 2.77. The van der Waals surface area contributed by atoms with E-state index in [0.717, 1.165) is 22.9 Å². The molecule has 5 heteroatoms. The number of hydrogen-bond acceptors (Lipinski definition) is 4. The number of halogens is 1. The second-order valence-corrected chi connectivity index (χ2v) is 4.99. The lowest BCUT2D eigenvalue weighted by Crippen LogP contribution is -2.08. The molecule has 21 heavy (non-hydrogen) atoms. The van der Waals surface area contributed by atoms with Crippen molar-refractivity contribution in [3.63, 3.8) is 0 Å². The molecule has 0 aliphatic carbocycles. The van der Waals surface area contributed by atoms with Gasteiger partial charge in [0.25, 0.3) is 0 Å². The Hall–Kier alpha value is -2.56. The number of rotatable bonds is 3. The number of anilines is 1. The first-order valence-electron chi connectivity index (χ1n) is 6.65. The first kappa shape index (κ1) is 13.4. The highest BCUT2D eigenvalue weighted by Crippen LogP contribution is 2.26. The molecule has 3 rings (SSSR count). The molecule has 2 aromatic carbocycles. The van der Waals surface area contributed by atoms with Crippen molar-refractivity contribution in [2.75, 3.05) is 5.32 Å². The summed E-state index contributed by atoms with van der Waals surface area (Å²) in [6.45, 7) is 3.65. The molecule has 1 heterocycles. The zero-order valence-corrected chi connectivity index (χ0v) is 11.7. The Bertz CT molecular complexity index is 798. The molecule has 0 radical (unpaired) electrons. The summed E-state index contributed by atoms with van der Waals surface area (Å²) in [4.78, 5) is 4.27. The van der Waals surface area contributed by atoms with Crippen molar-refractivity contribution >= 4 is 16.8 Å². The first-order chi connectivity index (χ1) is 10.0. The van der Waals surface area contributed by atoms with Crippen LogP contribution in [-0.4, -0.2) is 10.1 Å². The lowest BCUT2D eigenvalue weighted by atomic mass is 10.1. The van der Waals surface area contributed by atoms with Crippen LogP contribution >= 0.6 is 0 Å². The molecule has 1 atom stereocenters. The zero-order chi connectivity index (χ0) is 15.0. The molecule has 0 spiro atoms. The van der Waals surface area contributed by atoms with Gasteiger partial charge in [-0.05, 0) is 31.2 Å². The maximum atomic E-state index is 13.8. The van der Waals surface area contributed by atoms with Gasteiger partial charge in [0.15, 0.2) is 11.5 Å². The number of phenolic OH excluding ortho intramolecular Hbond substituents is 1. The highest BCUT2D eigenvalue weighted by atomic mass is 19.1. The Morgan fingerprint density at radius 1 is 1.24 bits per heavy atom. The molecule has 0 bridgehead atoms. The summed E-state index contributed by atoms with van der Waals surface area (Å²) in [5.41, 5.74) is 2.80. The highest BCUT2D eigenvalue weighted by molar-refractivity contribution is 5.77. The van der Waals surface area contributed by atoms with Crippen LogP contribution in [0.25, 0.3) is 11.1 Å². The van der Waals surface area contributed by atoms with Gasteiger partial charge < -0.3 is 14.8 Å². The minimum atomic E-state index is -0.437. The number of oxazole rings is 1. The van der Waals surface area contributed by atoms with Crippen LogP contribution in [0.15, 0.2) is 40.8 Å². The van der Waals surface area contributed by atoms with Crippen molar-refractivity contribution in [2.45, 2.75) is 19.9 Å². The van der Waals surface area contributed by atoms with Gasteiger partial charge in [0.2, 0.25) is 0 Å². The van der Waals surface area contributed by atoms with Crippen molar-refractivity contribution in [1.29, 1.82) is 0 Å². The molecule has 0 aliphatic heterocycles. The van der Waals surface area contributed by atoms with Crippen molar-refractivity contribution in [3.05, 3.63) is 53.7 Å². The molecule has 3 aromatic rings. The third-order valence-electron chi connectivity index (χ3n) is 3.33. The van der Waals surface area contributed by atoms with Gasteiger partial charge >= 0.3 is 0 Å². The zero-order valence-electron chi connectivity index (χ0n) is 11.7. The van der Waals surface area contributed by atoms with Crippen LogP contribution in [0.3, 0.4) is 0 Å². The lowest BCUT2D eigenvalue weighted by molar-refractivity contribution is 0.467. The second-order valence-electron chi connectivity index (χ2n) is 4.99. The number of nitrogens with one attached hydrogen (secondary N) is 1. The van der Waals surface area contributed by atoms with Crippen LogP contribution in [0, 0.1) is 12.7 Å². The lowest BCUT2D eigenvalue weighted by Gasteiger charge is -2.16. The molecule has 0 amide bonds. The smallest absolute Gasteiger partial charge is 0.192 e. The summed E-state index contributed by atoms with van der Waals surface area (Å²) >= 11 is 0. The summed E-state index contributed by atoms with van der Waals surface area (Å²) in [5.74, 6) is 0.0936. The highest BCUT2D eigenvalue weighted by Gasteiger charge is 2.12. The average molecular weight is 286 g/mol. The van der Waals surface area contributed by atoms with Crippen LogP contribution < -0.4 is 5.32 Å². The maximum Gasteiger partial charge on any atom is 0.192 e. The van der Waals surface area contributed by atoms with E-state index < -0.39 is 5.82 Å². The van der Waals surface area contributed by atoms with Gasteiger partial charge in [-0.2, -0.15) is 0 Å². The largest absolute Gasteiger partial charge is 0.508 e. The predicted molar refractivity (Wildman–Crippen MR) is 78.8 cm³/mol. The Labute approximate surface area is 121 Å². The summed E-state index contributed by atoms with van der Waals surface area (Å²) in [6, 6.07) is 9.47. The number of hydrogen-bond donors (Lipinski definition) is 2. The Morgan fingerprint density at radius 3 is 2.81 bits per heavy atom. The Balaban J connectivity index is 1.86. The number of phenols is 1. The molecule has 0 saturated heterocycles. The van der Waals surface area contributed by atoms with Crippen LogP contribution in [-0.2, 0) is 0 Å². The maximum absolute atomic E-state index is 13.8. The van der Waals surface area contributed by atoms with Crippen molar-refractivity contribution in [2.24, 2.45) is 0 Å². The van der Waals surface area contributed by atoms with Crippen LogP contribution in [0.4, 0.5) is 10.1 Å². The fourth-order valence-electron chi connectivity index (χ4n) is 2.33. The number of aromatic hydroxyl groups is 1. The molecular weight excluding hydrogens is 271 g/mol. The van der Waals surface area contributed by atoms with Crippen LogP contribution in [0.5, 0.6) is 5.75 Å². The van der Waals surface area contributed by atoms with Gasteiger partial charge in [0.1, 0.15) is 17.1 Å². The minimum absolute atomic E-state index is 0.0806. The second kappa shape index (κ2) is 5.09. The van der Waals surface area contributed by atoms with E-state index in [0.29, 0.717) is 11.5 Å². The molecule has 0 aliphatic rings. The normalized spacial score (nSPS) is 12.5. The number of aryl methyl sites for hydroxylation is 1. The monoisotopic (exact) mass is 286 g/mol. The van der Waals surface area contributed by atoms with E-state index in [1.807, 2.05) is 25.1 Å². The van der Waals surface area contributed by atoms with E-state index in [2.05, 4.69) is 10.3 Å². The van der Waals surface area contributed by atoms with E-state index in [1.54, 1.807) is 13.0 Å². The van der Waals surface area contributed by atoms with Gasteiger partial charge in [0, 0.05) is 24.2 Å². The molecule has 1 aromatic heterocycles. The SMILES string of the molecule is Cc1nc2cc(NC(C)c3ccc(O)cc3F)ccc2o1. The van der Waals surface area contributed by atoms with E-state index in [4.69, 9.17) is 4.42 Å². The Morgan fingerprint density at radius 2 is 2.05 bits per heavy atom. The van der Waals surface area contributed by atoms with Gasteiger partial charge in [-0.25, -0.2) is 9.37 Å². The molecule has 1 unspecified atom stereocenters. The first-order valence-corrected chi connectivity index (χ1v) is 6.65. The summed E-state index contributed by atoms with van der Waals surface area (Å²) < 4.78 is 19.3. The van der Waals surface area contributed by atoms with Gasteiger partial charge in [-0.3, -0.25) is 0 Å². The number of fused-ring (bicyclic) bond motifs is 1. The van der Waals surface area contributed by atoms with E-state index in [-0.39, 0.29) is 11.8 Å². The third-order valence-corrected chi connectivity index (χ3v) is 3.33. The number of nitrogens with zero attached hydrogens (tertiary/aromatic N) is 1. The minimum Gasteiger partial charge on any atom is -0.508 e. The molecular formula is C16H15FN2O2. The summed E-state index contributed by atoms with van der Waals surface area (Å²) in [7, 11) is 0. The molecule has 108 valence electrons. The quantitative estimate of drug-likeness (QED) is 0.759. The number of benzene rings is 2. The summed E-state index contributed by atoms with van der Waals surface area (Å²) in [6.07, 6.45) is 0. The predicted octanol–water partition coefficient (Wildman–Crippen LogP) is 4.15. The van der Waals surface area contributed by atoms with Crippen molar-refractivity contribution < 1.29 is 13.9 Å². The fraction of sp³-hybridized carbons (Fsp3) is 0.188.